The van der Waals surface area contributed by atoms with Crippen molar-refractivity contribution >= 4 is 0 Å². The summed E-state index contributed by atoms with van der Waals surface area (Å²) in [5.74, 6) is 0. The molecule has 0 aliphatic carbocycles. The van der Waals surface area contributed by atoms with Crippen molar-refractivity contribution in [2.24, 2.45) is 0 Å². The maximum Gasteiger partial charge on any atom is 6.00 e. The van der Waals surface area contributed by atoms with Gasteiger partial charge in [-0.15, -0.1) is 0 Å². The third-order valence-corrected chi connectivity index (χ3v) is 0. The van der Waals surface area contributed by atoms with Gasteiger partial charge in [-0.25, -0.2) is 0 Å². The Hall–Kier alpha value is -2.42. The van der Waals surface area contributed by atoms with Crippen LogP contribution in [0.5, 0.6) is 0 Å². The summed E-state index contributed by atoms with van der Waals surface area (Å²) in [4.78, 5) is 7.25. The molecule has 13 heavy (non-hydrogen) atoms. The third kappa shape index (κ3) is 94.3. The summed E-state index contributed by atoms with van der Waals surface area (Å²) in [6.07, 6.45) is 0. The van der Waals surface area contributed by atoms with Gasteiger partial charge in [0, 0.05) is 0 Å². The minimum absolute atomic E-state index is 0. The molecule has 0 heterocycles. The summed E-state index contributed by atoms with van der Waals surface area (Å²) in [6.45, 7) is 23.8. The van der Waals surface area contributed by atoms with Crippen molar-refractivity contribution in [3.63, 3.8) is 0 Å². The Bertz CT molecular complexity index is 90.4. The van der Waals surface area contributed by atoms with E-state index in [1.54, 1.807) is 0 Å². The van der Waals surface area contributed by atoms with E-state index in [4.69, 9.17) is 69.7 Å². The zero-order chi connectivity index (χ0) is 12.0. The van der Waals surface area contributed by atoms with E-state index >= 15 is 0 Å². The quantitative estimate of drug-likeness (QED) is 0.539. The van der Waals surface area contributed by atoms with E-state index in [2.05, 4.69) is 0 Å². The second kappa shape index (κ2) is 121. The van der Waals surface area contributed by atoms with Gasteiger partial charge in [-0.05, 0) is 0 Å². The van der Waals surface area contributed by atoms with Gasteiger partial charge in [-0.1, -0.05) is 0 Å². The molecule has 0 atom stereocenters. The second-order valence-electron chi connectivity index (χ2n) is 0. The zero-order valence-corrected chi connectivity index (χ0v) is 7.27. The fraction of sp³-hybridized carbons (Fsp3) is 0. The second-order valence-corrected chi connectivity index (χ2v) is 0. The summed E-state index contributed by atoms with van der Waals surface area (Å²) in [7, 11) is 0. The van der Waals surface area contributed by atoms with Crippen LogP contribution in [-0.4, -0.2) is 0 Å². The molecule has 0 radical (unpaired) electrons. The van der Waals surface area contributed by atoms with E-state index in [0.29, 0.717) is 0 Å². The number of nitrogens with zero attached hydrogens (tertiary/aromatic N) is 6. The molecule has 7 nitrogen and oxygen atoms in total. The fourth-order valence-electron chi connectivity index (χ4n) is 0. The van der Waals surface area contributed by atoms with E-state index in [-0.39, 0.29) is 17.4 Å². The van der Waals surface area contributed by atoms with Gasteiger partial charge in [0.05, 0.1) is 0 Å². The van der Waals surface area contributed by atoms with Crippen LogP contribution < -0.4 is 0 Å². The summed E-state index contributed by atoms with van der Waals surface area (Å²) in [5.41, 5.74) is 5.75. The van der Waals surface area contributed by atoms with Gasteiger partial charge in [0.25, 0.3) is 0 Å². The molecule has 8 heteroatoms. The first-order chi connectivity index (χ1) is 6.00. The van der Waals surface area contributed by atoms with Crippen LogP contribution in [0.15, 0.2) is 0 Å². The smallest absolute Gasteiger partial charge is 0.577 e. The van der Waals surface area contributed by atoms with Gasteiger partial charge >= 0.3 is 17.4 Å². The maximum absolute atomic E-state index is 7.25. The van der Waals surface area contributed by atoms with Crippen LogP contribution in [0, 0.1) is 64.1 Å². The fourth-order valence-corrected chi connectivity index (χ4v) is 0. The third-order valence-electron chi connectivity index (χ3n) is 0. The molecule has 0 spiro atoms. The Labute approximate surface area is 87.5 Å². The molecule has 0 saturated carbocycles. The molecule has 0 unspecified atom stereocenters. The van der Waals surface area contributed by atoms with Gasteiger partial charge in [-0.2, -0.15) is 0 Å². The first-order valence-corrected chi connectivity index (χ1v) is 1.30. The average molecular weight is 212 g/mol. The van der Waals surface area contributed by atoms with Gasteiger partial charge in [0.1, 0.15) is 0 Å². The minimum Gasteiger partial charge on any atom is -0.577 e. The van der Waals surface area contributed by atoms with E-state index in [9.17, 15) is 0 Å². The molecule has 0 aromatic heterocycles. The molecule has 0 rings (SSSR count). The van der Waals surface area contributed by atoms with Crippen LogP contribution in [0.4, 0.5) is 0 Å². The van der Waals surface area contributed by atoms with Gasteiger partial charge in [-0.3, -0.25) is 0 Å². The van der Waals surface area contributed by atoms with Crippen LogP contribution in [-0.2, 0) is 17.4 Å². The number of hydrogen-bond donors (Lipinski definition) is 0. The number of rotatable bonds is 0. The predicted octanol–water partition coefficient (Wildman–Crippen LogP) is 0.802. The average Bonchev–Trinajstić information content (AvgIpc) is 2.33. The van der Waals surface area contributed by atoms with E-state index in [0.717, 1.165) is 0 Å². The van der Waals surface area contributed by atoms with Crippen LogP contribution >= 0.6 is 0 Å². The van der Waals surface area contributed by atoms with Crippen molar-refractivity contribution in [1.82, 2.24) is 0 Å². The van der Waals surface area contributed by atoms with Crippen molar-refractivity contribution in [3.05, 3.63) is 43.4 Å². The zero-order valence-electron chi connectivity index (χ0n) is 6.00. The molecular weight excluding hydrogens is 212 g/mol. The molecule has 62 valence electrons. The monoisotopic (exact) mass is 212 g/mol. The summed E-state index contributed by atoms with van der Waals surface area (Å²) in [5, 5.41) is 31.2. The van der Waals surface area contributed by atoms with Gasteiger partial charge < -0.3 is 69.7 Å². The van der Waals surface area contributed by atoms with E-state index in [1.165, 1.54) is 0 Å². The van der Waals surface area contributed by atoms with Crippen molar-refractivity contribution in [1.29, 1.82) is 26.3 Å². The van der Waals surface area contributed by atoms with Gasteiger partial charge in [0.15, 0.2) is 0 Å². The molecule has 0 amide bonds. The Morgan fingerprint density at radius 2 is 0.538 bits per heavy atom. The predicted molar refractivity (Wildman–Crippen MR) is 31.6 cm³/mol. The van der Waals surface area contributed by atoms with Crippen LogP contribution in [0.3, 0.4) is 0 Å². The minimum atomic E-state index is 0. The molecule has 0 aliphatic rings. The number of nitroso groups, excluding NO2 is 1. The molecule has 0 aliphatic heterocycles. The van der Waals surface area contributed by atoms with Crippen LogP contribution in [0.25, 0.3) is 5.59 Å². The Morgan fingerprint density at radius 1 is 0.538 bits per heavy atom. The van der Waals surface area contributed by atoms with Crippen LogP contribution in [0.1, 0.15) is 0 Å². The van der Waals surface area contributed by atoms with Crippen LogP contribution in [0.2, 0.25) is 0 Å². The Balaban J connectivity index is -0.00000000655. The molecule has 0 bridgehead atoms. The molecule has 0 N–H and O–H groups in total. The van der Waals surface area contributed by atoms with E-state index in [1.807, 2.05) is 0 Å². The largest absolute Gasteiger partial charge is 6.00 e. The van der Waals surface area contributed by atoms with Gasteiger partial charge in [0.2, 0.25) is 0 Å². The summed E-state index contributed by atoms with van der Waals surface area (Å²) >= 11 is 0. The first kappa shape index (κ1) is 75.7. The number of hydrogen-bond acceptors (Lipinski definition) is 6. The Kier molecular flexibility index (Phi) is 703. The van der Waals surface area contributed by atoms with Crippen molar-refractivity contribution in [3.8, 4) is 0 Å². The Morgan fingerprint density at radius 3 is 0.538 bits per heavy atom. The van der Waals surface area contributed by atoms with Crippen molar-refractivity contribution in [2.75, 3.05) is 0 Å². The standard InChI is InChI=1S/5CN.Cr.NO/c5*1-2;;1-2/q5*-1;+6;-1. The first-order valence-electron chi connectivity index (χ1n) is 1.30. The maximum atomic E-state index is 7.25. The molecular formula is C5CrN6O. The van der Waals surface area contributed by atoms with Crippen molar-refractivity contribution in [2.45, 2.75) is 0 Å². The topological polar surface area (TPSA) is 158 Å². The normalized spacial score (nSPS) is 1.08. The molecule has 0 aromatic carbocycles. The SMILES string of the molecule is [C-]#N.[C-]#N.[C-]#N.[C-]#N.[C-]#N.[Cr+6].[N-]=O. The summed E-state index contributed by atoms with van der Waals surface area (Å²) in [6, 6.07) is 0. The molecule has 0 fully saturated rings. The van der Waals surface area contributed by atoms with E-state index < -0.39 is 0 Å². The molecule has 0 saturated heterocycles. The summed E-state index contributed by atoms with van der Waals surface area (Å²) < 4.78 is 0. The molecule has 0 aromatic rings. The van der Waals surface area contributed by atoms with Crippen molar-refractivity contribution < 1.29 is 17.4 Å².